The lowest BCUT2D eigenvalue weighted by atomic mass is 10.1. The fourth-order valence-electron chi connectivity index (χ4n) is 3.50. The minimum absolute atomic E-state index is 0.0552. The van der Waals surface area contributed by atoms with Gasteiger partial charge < -0.3 is 5.11 Å². The first-order valence-corrected chi connectivity index (χ1v) is 7.73. The predicted molar refractivity (Wildman–Crippen MR) is 77.0 cm³/mol. The van der Waals surface area contributed by atoms with E-state index in [9.17, 15) is 13.9 Å². The molecule has 2 saturated heterocycles. The van der Waals surface area contributed by atoms with Crippen molar-refractivity contribution in [3.05, 3.63) is 35.4 Å². The van der Waals surface area contributed by atoms with Crippen molar-refractivity contribution in [1.29, 1.82) is 0 Å². The lowest BCUT2D eigenvalue weighted by Gasteiger charge is -2.25. The number of rotatable bonds is 4. The highest BCUT2D eigenvalue weighted by molar-refractivity contribution is 5.21. The Morgan fingerprint density at radius 2 is 1.95 bits per heavy atom. The first-order valence-electron chi connectivity index (χ1n) is 7.73. The maximum absolute atomic E-state index is 13.7. The van der Waals surface area contributed by atoms with Crippen LogP contribution in [0.1, 0.15) is 30.9 Å². The average Bonchev–Trinajstić information content (AvgIpc) is 3.11. The van der Waals surface area contributed by atoms with Gasteiger partial charge in [0.1, 0.15) is 11.6 Å². The van der Waals surface area contributed by atoms with E-state index >= 15 is 0 Å². The largest absolute Gasteiger partial charge is 0.387 e. The van der Waals surface area contributed by atoms with Gasteiger partial charge in [-0.2, -0.15) is 0 Å². The summed E-state index contributed by atoms with van der Waals surface area (Å²) in [6, 6.07) is 3.79. The van der Waals surface area contributed by atoms with Crippen molar-refractivity contribution in [3.63, 3.8) is 0 Å². The van der Waals surface area contributed by atoms with Crippen molar-refractivity contribution in [3.8, 4) is 0 Å². The molecule has 116 valence electrons. The Morgan fingerprint density at radius 1 is 1.19 bits per heavy atom. The number of nitrogens with zero attached hydrogens (tertiary/aromatic N) is 2. The Kier molecular flexibility index (Phi) is 4.52. The number of aliphatic hydroxyl groups is 1. The molecule has 2 aliphatic heterocycles. The van der Waals surface area contributed by atoms with Gasteiger partial charge in [-0.25, -0.2) is 8.78 Å². The predicted octanol–water partition coefficient (Wildman–Crippen LogP) is 2.17. The first kappa shape index (κ1) is 14.9. The van der Waals surface area contributed by atoms with Crippen LogP contribution in [0.4, 0.5) is 8.78 Å². The van der Waals surface area contributed by atoms with Crippen molar-refractivity contribution in [2.24, 2.45) is 0 Å². The molecule has 3 rings (SSSR count). The molecule has 0 radical (unpaired) electrons. The van der Waals surface area contributed by atoms with Crippen LogP contribution >= 0.6 is 0 Å². The Labute approximate surface area is 124 Å². The van der Waals surface area contributed by atoms with Crippen molar-refractivity contribution >= 4 is 0 Å². The molecule has 1 aromatic carbocycles. The van der Waals surface area contributed by atoms with Crippen LogP contribution in [0.2, 0.25) is 0 Å². The van der Waals surface area contributed by atoms with E-state index < -0.39 is 17.7 Å². The highest BCUT2D eigenvalue weighted by Crippen LogP contribution is 2.24. The number of aliphatic hydroxyl groups excluding tert-OH is 1. The molecule has 0 bridgehead atoms. The second-order valence-corrected chi connectivity index (χ2v) is 6.13. The lowest BCUT2D eigenvalue weighted by Crippen LogP contribution is -2.36. The van der Waals surface area contributed by atoms with Crippen LogP contribution in [0.15, 0.2) is 18.2 Å². The summed E-state index contributed by atoms with van der Waals surface area (Å²) in [5, 5.41) is 10.2. The van der Waals surface area contributed by atoms with E-state index in [1.807, 2.05) is 0 Å². The van der Waals surface area contributed by atoms with Gasteiger partial charge in [0.2, 0.25) is 0 Å². The molecular weight excluding hydrogens is 274 g/mol. The lowest BCUT2D eigenvalue weighted by molar-refractivity contribution is 0.117. The van der Waals surface area contributed by atoms with E-state index in [-0.39, 0.29) is 5.56 Å². The number of halogens is 2. The number of β-amino-alcohol motifs (C(OH)–C–C–N with tert-alkyl or cyclic N) is 1. The van der Waals surface area contributed by atoms with Crippen LogP contribution in [-0.4, -0.2) is 53.7 Å². The van der Waals surface area contributed by atoms with Crippen LogP contribution in [0.25, 0.3) is 0 Å². The van der Waals surface area contributed by atoms with E-state index in [0.29, 0.717) is 12.6 Å². The molecular formula is C16H22F2N2O. The summed E-state index contributed by atoms with van der Waals surface area (Å²) in [6.45, 7) is 4.52. The third-order valence-electron chi connectivity index (χ3n) is 4.65. The monoisotopic (exact) mass is 296 g/mol. The first-order chi connectivity index (χ1) is 10.1. The molecule has 2 fully saturated rings. The minimum Gasteiger partial charge on any atom is -0.387 e. The molecule has 2 unspecified atom stereocenters. The minimum atomic E-state index is -0.974. The van der Waals surface area contributed by atoms with Crippen molar-refractivity contribution in [2.75, 3.05) is 32.7 Å². The SMILES string of the molecule is OC(CN1CCC(N2CCCC2)C1)c1cc(F)ccc1F. The van der Waals surface area contributed by atoms with E-state index in [4.69, 9.17) is 0 Å². The molecule has 0 saturated carbocycles. The van der Waals surface area contributed by atoms with Gasteiger partial charge in [0.25, 0.3) is 0 Å². The Morgan fingerprint density at radius 3 is 2.71 bits per heavy atom. The topological polar surface area (TPSA) is 26.7 Å². The zero-order valence-electron chi connectivity index (χ0n) is 12.1. The van der Waals surface area contributed by atoms with E-state index in [1.54, 1.807) is 0 Å². The highest BCUT2D eigenvalue weighted by atomic mass is 19.1. The zero-order chi connectivity index (χ0) is 14.8. The standard InChI is InChI=1S/C16H22F2N2O/c17-12-3-4-15(18)14(9-12)16(21)11-19-8-5-13(10-19)20-6-1-2-7-20/h3-4,9,13,16,21H,1-2,5-8,10-11H2. The fourth-order valence-corrected chi connectivity index (χ4v) is 3.50. The molecule has 21 heavy (non-hydrogen) atoms. The van der Waals surface area contributed by atoms with Gasteiger partial charge in [0.15, 0.2) is 0 Å². The van der Waals surface area contributed by atoms with Gasteiger partial charge >= 0.3 is 0 Å². The molecule has 0 aromatic heterocycles. The van der Waals surface area contributed by atoms with E-state index in [2.05, 4.69) is 9.80 Å². The molecule has 0 aliphatic carbocycles. The molecule has 2 atom stereocenters. The van der Waals surface area contributed by atoms with E-state index in [1.165, 1.54) is 25.9 Å². The van der Waals surface area contributed by atoms with Crippen LogP contribution in [0.3, 0.4) is 0 Å². The Balaban J connectivity index is 1.58. The highest BCUT2D eigenvalue weighted by Gasteiger charge is 2.30. The molecule has 0 spiro atoms. The molecule has 1 aromatic rings. The Hall–Kier alpha value is -1.04. The van der Waals surface area contributed by atoms with Crippen molar-refractivity contribution in [1.82, 2.24) is 9.80 Å². The number of hydrogen-bond acceptors (Lipinski definition) is 3. The summed E-state index contributed by atoms with van der Waals surface area (Å²) in [5.74, 6) is -1.05. The number of hydrogen-bond donors (Lipinski definition) is 1. The molecule has 0 amide bonds. The van der Waals surface area contributed by atoms with Crippen LogP contribution in [0.5, 0.6) is 0 Å². The molecule has 2 aliphatic rings. The molecule has 1 N–H and O–H groups in total. The summed E-state index contributed by atoms with van der Waals surface area (Å²) in [7, 11) is 0. The van der Waals surface area contributed by atoms with Gasteiger partial charge in [-0.15, -0.1) is 0 Å². The molecule has 2 heterocycles. The van der Waals surface area contributed by atoms with Crippen LogP contribution in [-0.2, 0) is 0 Å². The fraction of sp³-hybridized carbons (Fsp3) is 0.625. The summed E-state index contributed by atoms with van der Waals surface area (Å²) < 4.78 is 26.9. The van der Waals surface area contributed by atoms with Gasteiger partial charge in [-0.1, -0.05) is 0 Å². The average molecular weight is 296 g/mol. The second-order valence-electron chi connectivity index (χ2n) is 6.13. The summed E-state index contributed by atoms with van der Waals surface area (Å²) in [5.41, 5.74) is 0.0552. The summed E-state index contributed by atoms with van der Waals surface area (Å²) in [6.07, 6.45) is 2.66. The Bertz CT molecular complexity index is 491. The zero-order valence-corrected chi connectivity index (χ0v) is 12.1. The van der Waals surface area contributed by atoms with Gasteiger partial charge in [0, 0.05) is 24.7 Å². The van der Waals surface area contributed by atoms with Crippen molar-refractivity contribution < 1.29 is 13.9 Å². The number of likely N-dealkylation sites (tertiary alicyclic amines) is 2. The quantitative estimate of drug-likeness (QED) is 0.922. The van der Waals surface area contributed by atoms with Gasteiger partial charge in [-0.05, 0) is 57.1 Å². The number of benzene rings is 1. The summed E-state index contributed by atoms with van der Waals surface area (Å²) in [4.78, 5) is 4.66. The second kappa shape index (κ2) is 6.38. The summed E-state index contributed by atoms with van der Waals surface area (Å²) >= 11 is 0. The normalized spacial score (nSPS) is 25.6. The third kappa shape index (κ3) is 3.42. The van der Waals surface area contributed by atoms with Crippen molar-refractivity contribution in [2.45, 2.75) is 31.4 Å². The van der Waals surface area contributed by atoms with Gasteiger partial charge in [-0.3, -0.25) is 9.80 Å². The smallest absolute Gasteiger partial charge is 0.129 e. The van der Waals surface area contributed by atoms with E-state index in [0.717, 1.165) is 37.7 Å². The molecule has 5 heteroatoms. The maximum Gasteiger partial charge on any atom is 0.129 e. The maximum atomic E-state index is 13.7. The van der Waals surface area contributed by atoms with Crippen LogP contribution < -0.4 is 0 Å². The van der Waals surface area contributed by atoms with Gasteiger partial charge in [0.05, 0.1) is 6.10 Å². The third-order valence-corrected chi connectivity index (χ3v) is 4.65. The van der Waals surface area contributed by atoms with Crippen LogP contribution in [0, 0.1) is 11.6 Å². The molecule has 3 nitrogen and oxygen atoms in total.